The third-order valence-electron chi connectivity index (χ3n) is 3.14. The van der Waals surface area contributed by atoms with Gasteiger partial charge in [-0.15, -0.1) is 0 Å². The molecular weight excluding hydrogens is 259 g/mol. The number of phenols is 1. The highest BCUT2D eigenvalue weighted by Crippen LogP contribution is 2.28. The van der Waals surface area contributed by atoms with E-state index in [1.165, 1.54) is 12.1 Å². The molecule has 104 valence electrons. The summed E-state index contributed by atoms with van der Waals surface area (Å²) in [6.45, 7) is 3.47. The van der Waals surface area contributed by atoms with Gasteiger partial charge in [-0.2, -0.15) is 0 Å². The van der Waals surface area contributed by atoms with Gasteiger partial charge in [0.05, 0.1) is 5.56 Å². The molecule has 0 heterocycles. The van der Waals surface area contributed by atoms with E-state index in [1.54, 1.807) is 26.0 Å². The van der Waals surface area contributed by atoms with Gasteiger partial charge in [0.2, 0.25) is 0 Å². The maximum absolute atomic E-state index is 13.0. The molecule has 2 rings (SSSR count). The third-order valence-corrected chi connectivity index (χ3v) is 3.14. The van der Waals surface area contributed by atoms with Gasteiger partial charge in [-0.3, -0.25) is 4.79 Å². The fourth-order valence-electron chi connectivity index (χ4n) is 1.90. The number of amides is 1. The smallest absolute Gasteiger partial charge is 0.257 e. The summed E-state index contributed by atoms with van der Waals surface area (Å²) < 4.78 is 13.0. The quantitative estimate of drug-likeness (QED) is 0.737. The number of halogens is 1. The molecule has 0 aliphatic carbocycles. The minimum absolute atomic E-state index is 0.0662. The molecular formula is C15H15FN2O2. The van der Waals surface area contributed by atoms with E-state index in [0.29, 0.717) is 11.3 Å². The van der Waals surface area contributed by atoms with Crippen LogP contribution < -0.4 is 11.1 Å². The van der Waals surface area contributed by atoms with Gasteiger partial charge in [0, 0.05) is 16.9 Å². The molecule has 2 aromatic carbocycles. The second kappa shape index (κ2) is 5.21. The second-order valence-corrected chi connectivity index (χ2v) is 4.59. The lowest BCUT2D eigenvalue weighted by Crippen LogP contribution is -2.15. The Labute approximate surface area is 116 Å². The highest BCUT2D eigenvalue weighted by molar-refractivity contribution is 6.08. The van der Waals surface area contributed by atoms with Crippen LogP contribution in [0.15, 0.2) is 30.3 Å². The highest BCUT2D eigenvalue weighted by atomic mass is 19.1. The number of hydrogen-bond acceptors (Lipinski definition) is 3. The van der Waals surface area contributed by atoms with Crippen LogP contribution in [0, 0.1) is 19.7 Å². The first kappa shape index (κ1) is 13.9. The molecule has 0 radical (unpaired) electrons. The summed E-state index contributed by atoms with van der Waals surface area (Å²) in [4.78, 5) is 12.1. The number of benzene rings is 2. The van der Waals surface area contributed by atoms with Crippen LogP contribution in [-0.4, -0.2) is 11.0 Å². The maximum atomic E-state index is 13.0. The highest BCUT2D eigenvalue weighted by Gasteiger charge is 2.13. The second-order valence-electron chi connectivity index (χ2n) is 4.59. The predicted octanol–water partition coefficient (Wildman–Crippen LogP) is 2.98. The molecule has 0 aliphatic rings. The van der Waals surface area contributed by atoms with Crippen molar-refractivity contribution < 1.29 is 14.3 Å². The molecule has 0 atom stereocenters. The first-order valence-corrected chi connectivity index (χ1v) is 6.05. The molecule has 5 heteroatoms. The van der Waals surface area contributed by atoms with E-state index in [-0.39, 0.29) is 17.0 Å². The van der Waals surface area contributed by atoms with Crippen molar-refractivity contribution in [2.24, 2.45) is 0 Å². The molecule has 1 amide bonds. The predicted molar refractivity (Wildman–Crippen MR) is 76.3 cm³/mol. The SMILES string of the molecule is Cc1ccc(NC(=O)c2ccc(F)cc2N)c(C)c1O. The van der Waals surface area contributed by atoms with Gasteiger partial charge in [0.15, 0.2) is 0 Å². The summed E-state index contributed by atoms with van der Waals surface area (Å²) in [5.74, 6) is -0.813. The summed E-state index contributed by atoms with van der Waals surface area (Å²) >= 11 is 0. The minimum Gasteiger partial charge on any atom is -0.507 e. The molecule has 0 aromatic heterocycles. The van der Waals surface area contributed by atoms with E-state index >= 15 is 0 Å². The lowest BCUT2D eigenvalue weighted by Gasteiger charge is -2.12. The van der Waals surface area contributed by atoms with Gasteiger partial charge < -0.3 is 16.2 Å². The van der Waals surface area contributed by atoms with Gasteiger partial charge in [0.25, 0.3) is 5.91 Å². The van der Waals surface area contributed by atoms with E-state index < -0.39 is 11.7 Å². The van der Waals surface area contributed by atoms with E-state index in [0.717, 1.165) is 11.6 Å². The number of aryl methyl sites for hydroxylation is 1. The van der Waals surface area contributed by atoms with Crippen molar-refractivity contribution in [3.8, 4) is 5.75 Å². The normalized spacial score (nSPS) is 10.3. The Bertz CT molecular complexity index is 684. The first-order valence-electron chi connectivity index (χ1n) is 6.05. The number of carbonyl (C=O) groups is 1. The average Bonchev–Trinajstić information content (AvgIpc) is 2.39. The molecule has 0 bridgehead atoms. The van der Waals surface area contributed by atoms with Crippen molar-refractivity contribution in [3.63, 3.8) is 0 Å². The lowest BCUT2D eigenvalue weighted by atomic mass is 10.1. The van der Waals surface area contributed by atoms with Crippen LogP contribution >= 0.6 is 0 Å². The molecule has 20 heavy (non-hydrogen) atoms. The Morgan fingerprint density at radius 3 is 2.60 bits per heavy atom. The molecule has 0 fully saturated rings. The van der Waals surface area contributed by atoms with Crippen LogP contribution in [0.2, 0.25) is 0 Å². The van der Waals surface area contributed by atoms with E-state index in [1.807, 2.05) is 0 Å². The fourth-order valence-corrected chi connectivity index (χ4v) is 1.90. The number of nitrogen functional groups attached to an aromatic ring is 1. The Kier molecular flexibility index (Phi) is 3.61. The van der Waals surface area contributed by atoms with Crippen molar-refractivity contribution in [2.45, 2.75) is 13.8 Å². The average molecular weight is 274 g/mol. The maximum Gasteiger partial charge on any atom is 0.257 e. The Morgan fingerprint density at radius 2 is 1.95 bits per heavy atom. The molecule has 0 spiro atoms. The van der Waals surface area contributed by atoms with Crippen LogP contribution in [0.1, 0.15) is 21.5 Å². The van der Waals surface area contributed by atoms with E-state index in [9.17, 15) is 14.3 Å². The van der Waals surface area contributed by atoms with Gasteiger partial charge in [-0.25, -0.2) is 4.39 Å². The summed E-state index contributed by atoms with van der Waals surface area (Å²) in [6, 6.07) is 6.98. The van der Waals surface area contributed by atoms with Crippen LogP contribution in [0.5, 0.6) is 5.75 Å². The van der Waals surface area contributed by atoms with Crippen LogP contribution in [0.3, 0.4) is 0 Å². The number of aromatic hydroxyl groups is 1. The third kappa shape index (κ3) is 2.56. The largest absolute Gasteiger partial charge is 0.507 e. The summed E-state index contributed by atoms with van der Waals surface area (Å²) in [5, 5.41) is 12.5. The molecule has 2 aromatic rings. The van der Waals surface area contributed by atoms with Gasteiger partial charge in [-0.1, -0.05) is 6.07 Å². The molecule has 0 unspecified atom stereocenters. The molecule has 4 nitrogen and oxygen atoms in total. The van der Waals surface area contributed by atoms with Crippen molar-refractivity contribution in [1.82, 2.24) is 0 Å². The van der Waals surface area contributed by atoms with Crippen LogP contribution in [-0.2, 0) is 0 Å². The standard InChI is InChI=1S/C15H15FN2O2/c1-8-3-6-13(9(2)14(8)19)18-15(20)11-5-4-10(16)7-12(11)17/h3-7,19H,17H2,1-2H3,(H,18,20). The topological polar surface area (TPSA) is 75.4 Å². The summed E-state index contributed by atoms with van der Waals surface area (Å²) in [5.41, 5.74) is 7.65. The zero-order valence-corrected chi connectivity index (χ0v) is 11.2. The number of rotatable bonds is 2. The number of hydrogen-bond donors (Lipinski definition) is 3. The Hall–Kier alpha value is -2.56. The molecule has 4 N–H and O–H groups in total. The minimum atomic E-state index is -0.497. The van der Waals surface area contributed by atoms with E-state index in [4.69, 9.17) is 5.73 Å². The monoisotopic (exact) mass is 274 g/mol. The van der Waals surface area contributed by atoms with Gasteiger partial charge in [0.1, 0.15) is 11.6 Å². The van der Waals surface area contributed by atoms with Crippen molar-refractivity contribution in [2.75, 3.05) is 11.1 Å². The van der Waals surface area contributed by atoms with Crippen molar-refractivity contribution in [1.29, 1.82) is 0 Å². The van der Waals surface area contributed by atoms with Gasteiger partial charge >= 0.3 is 0 Å². The first-order chi connectivity index (χ1) is 9.40. The zero-order valence-electron chi connectivity index (χ0n) is 11.2. The molecule has 0 aliphatic heterocycles. The Morgan fingerprint density at radius 1 is 1.25 bits per heavy atom. The summed E-state index contributed by atoms with van der Waals surface area (Å²) in [6.07, 6.45) is 0. The van der Waals surface area contributed by atoms with Gasteiger partial charge in [-0.05, 0) is 43.7 Å². The molecule has 0 saturated carbocycles. The zero-order chi connectivity index (χ0) is 14.9. The summed E-state index contributed by atoms with van der Waals surface area (Å²) in [7, 11) is 0. The number of nitrogens with one attached hydrogen (secondary N) is 1. The number of nitrogens with two attached hydrogens (primary N) is 1. The fraction of sp³-hybridized carbons (Fsp3) is 0.133. The van der Waals surface area contributed by atoms with Crippen LogP contribution in [0.4, 0.5) is 15.8 Å². The molecule has 0 saturated heterocycles. The number of anilines is 2. The lowest BCUT2D eigenvalue weighted by molar-refractivity contribution is 0.102. The van der Waals surface area contributed by atoms with Crippen LogP contribution in [0.25, 0.3) is 0 Å². The van der Waals surface area contributed by atoms with E-state index in [2.05, 4.69) is 5.32 Å². The van der Waals surface area contributed by atoms with Crippen molar-refractivity contribution in [3.05, 3.63) is 52.8 Å². The van der Waals surface area contributed by atoms with Crippen molar-refractivity contribution >= 4 is 17.3 Å². The number of carbonyl (C=O) groups excluding carboxylic acids is 1. The number of phenolic OH excluding ortho intramolecular Hbond substituents is 1. The Balaban J connectivity index is 2.30.